The Kier molecular flexibility index (Phi) is 8.93. The summed E-state index contributed by atoms with van der Waals surface area (Å²) in [4.78, 5) is 8.42. The van der Waals surface area contributed by atoms with Crippen molar-refractivity contribution in [1.29, 1.82) is 5.26 Å². The van der Waals surface area contributed by atoms with E-state index in [1.165, 1.54) is 6.20 Å². The first-order chi connectivity index (χ1) is 17.1. The van der Waals surface area contributed by atoms with E-state index in [0.29, 0.717) is 30.1 Å². The van der Waals surface area contributed by atoms with E-state index >= 15 is 0 Å². The lowest BCUT2D eigenvalue weighted by Gasteiger charge is -2.28. The van der Waals surface area contributed by atoms with E-state index in [0.717, 1.165) is 47.0 Å². The van der Waals surface area contributed by atoms with Gasteiger partial charge in [0.05, 0.1) is 29.4 Å². The highest BCUT2D eigenvalue weighted by molar-refractivity contribution is 7.92. The maximum absolute atomic E-state index is 11.4. The van der Waals surface area contributed by atoms with E-state index in [1.54, 1.807) is 6.20 Å². The maximum Gasteiger partial charge on any atom is 0.231 e. The zero-order valence-corrected chi connectivity index (χ0v) is 22.7. The molecule has 0 spiro atoms. The van der Waals surface area contributed by atoms with Gasteiger partial charge < -0.3 is 5.32 Å². The Balaban J connectivity index is 1.78. The second-order valence-corrected chi connectivity index (χ2v) is 11.4. The van der Waals surface area contributed by atoms with Gasteiger partial charge in [0.1, 0.15) is 6.07 Å². The number of sulfonamides is 1. The summed E-state index contributed by atoms with van der Waals surface area (Å²) in [5, 5.41) is 13.1. The first-order valence-corrected chi connectivity index (χ1v) is 14.3. The Morgan fingerprint density at radius 2 is 1.81 bits per heavy atom. The molecule has 9 heteroatoms. The van der Waals surface area contributed by atoms with Gasteiger partial charge in [-0.25, -0.2) is 13.4 Å². The second kappa shape index (κ2) is 11.7. The monoisotopic (exact) mass is 525 g/mol. The smallest absolute Gasteiger partial charge is 0.231 e. The van der Waals surface area contributed by atoms with E-state index in [1.807, 2.05) is 6.07 Å². The summed E-state index contributed by atoms with van der Waals surface area (Å²) in [5.41, 5.74) is 6.41. The van der Waals surface area contributed by atoms with Crippen LogP contribution in [0.1, 0.15) is 54.3 Å². The molecule has 0 fully saturated rings. The number of anilines is 2. The molecule has 0 radical (unpaired) electrons. The molecule has 2 aromatic carbocycles. The normalized spacial score (nSPS) is 11.7. The molecule has 0 aliphatic rings. The summed E-state index contributed by atoms with van der Waals surface area (Å²) in [6, 6.07) is 15.0. The fraction of sp³-hybridized carbons (Fsp3) is 0.370. The number of hydrogen-bond donors (Lipinski definition) is 2. The SMILES string of the molecule is CCc1cc(C(C)(C)c2ccc(CCc3cncc(NS(C)(=O)=O)n3)cc2)cc(C#N)c1NCCCl. The molecular weight excluding hydrogens is 494 g/mol. The number of rotatable bonds is 11. The van der Waals surface area contributed by atoms with Gasteiger partial charge in [-0.05, 0) is 47.6 Å². The van der Waals surface area contributed by atoms with Crippen LogP contribution in [-0.2, 0) is 34.7 Å². The molecule has 0 saturated heterocycles. The molecule has 1 heterocycles. The summed E-state index contributed by atoms with van der Waals surface area (Å²) in [5.74, 6) is 0.697. The van der Waals surface area contributed by atoms with E-state index in [2.05, 4.69) is 77.2 Å². The zero-order chi connectivity index (χ0) is 26.3. The fourth-order valence-electron chi connectivity index (χ4n) is 4.10. The van der Waals surface area contributed by atoms with Crippen molar-refractivity contribution >= 4 is 33.1 Å². The van der Waals surface area contributed by atoms with Crippen molar-refractivity contribution in [3.63, 3.8) is 0 Å². The van der Waals surface area contributed by atoms with Crippen LogP contribution in [0, 0.1) is 11.3 Å². The van der Waals surface area contributed by atoms with Gasteiger partial charge in [0, 0.05) is 24.0 Å². The van der Waals surface area contributed by atoms with Gasteiger partial charge in [-0.1, -0.05) is 51.1 Å². The Morgan fingerprint density at radius 3 is 2.42 bits per heavy atom. The molecule has 3 rings (SSSR count). The molecule has 0 atom stereocenters. The predicted molar refractivity (Wildman–Crippen MR) is 146 cm³/mol. The predicted octanol–water partition coefficient (Wildman–Crippen LogP) is 5.04. The topological polar surface area (TPSA) is 108 Å². The molecule has 0 aliphatic carbocycles. The van der Waals surface area contributed by atoms with Crippen molar-refractivity contribution in [1.82, 2.24) is 9.97 Å². The van der Waals surface area contributed by atoms with Crippen molar-refractivity contribution in [3.05, 3.63) is 82.3 Å². The number of halogens is 1. The summed E-state index contributed by atoms with van der Waals surface area (Å²) in [6.45, 7) is 7.03. The molecule has 0 unspecified atom stereocenters. The number of aryl methyl sites for hydroxylation is 3. The number of nitrogens with one attached hydrogen (secondary N) is 2. The largest absolute Gasteiger partial charge is 0.383 e. The number of nitriles is 1. The standard InChI is InChI=1S/C27H32ClN5O2S/c1-5-20-14-23(15-21(16-29)26(20)31-13-12-28)27(2,3)22-9-6-19(7-10-22)8-11-24-17-30-18-25(32-24)33-36(4,34)35/h6-7,9-10,14-15,17-18,31H,5,8,11-13H2,1-4H3,(H,32,33). The van der Waals surface area contributed by atoms with Crippen molar-refractivity contribution in [2.24, 2.45) is 0 Å². The number of benzene rings is 2. The molecular formula is C27H32ClN5O2S. The maximum atomic E-state index is 11.4. The average Bonchev–Trinajstić information content (AvgIpc) is 2.85. The van der Waals surface area contributed by atoms with Crippen molar-refractivity contribution in [3.8, 4) is 6.07 Å². The number of hydrogen-bond acceptors (Lipinski definition) is 6. The Labute approximate surface area is 219 Å². The van der Waals surface area contributed by atoms with Crippen molar-refractivity contribution < 1.29 is 8.42 Å². The average molecular weight is 526 g/mol. The molecule has 190 valence electrons. The number of nitrogens with zero attached hydrogens (tertiary/aromatic N) is 3. The minimum atomic E-state index is -3.40. The van der Waals surface area contributed by atoms with E-state index in [4.69, 9.17) is 11.6 Å². The summed E-state index contributed by atoms with van der Waals surface area (Å²) < 4.78 is 25.2. The highest BCUT2D eigenvalue weighted by Gasteiger charge is 2.25. The minimum Gasteiger partial charge on any atom is -0.383 e. The van der Waals surface area contributed by atoms with Gasteiger partial charge >= 0.3 is 0 Å². The van der Waals surface area contributed by atoms with Crippen molar-refractivity contribution in [2.45, 2.75) is 45.4 Å². The van der Waals surface area contributed by atoms with Crippen LogP contribution in [0.15, 0.2) is 48.8 Å². The van der Waals surface area contributed by atoms with Crippen LogP contribution in [0.2, 0.25) is 0 Å². The first-order valence-electron chi connectivity index (χ1n) is 11.8. The molecule has 7 nitrogen and oxygen atoms in total. The molecule has 1 aromatic heterocycles. The van der Waals surface area contributed by atoms with E-state index in [-0.39, 0.29) is 11.2 Å². The summed E-state index contributed by atoms with van der Waals surface area (Å²) in [6.07, 6.45) is 6.32. The van der Waals surface area contributed by atoms with Crippen molar-refractivity contribution in [2.75, 3.05) is 28.7 Å². The van der Waals surface area contributed by atoms with Gasteiger partial charge in [-0.2, -0.15) is 5.26 Å². The third-order valence-electron chi connectivity index (χ3n) is 6.16. The second-order valence-electron chi connectivity index (χ2n) is 9.23. The highest BCUT2D eigenvalue weighted by Crippen LogP contribution is 2.35. The summed E-state index contributed by atoms with van der Waals surface area (Å²) >= 11 is 5.85. The third kappa shape index (κ3) is 6.96. The highest BCUT2D eigenvalue weighted by atomic mass is 35.5. The lowest BCUT2D eigenvalue weighted by Crippen LogP contribution is -2.20. The molecule has 2 N–H and O–H groups in total. The van der Waals surface area contributed by atoms with Crippen LogP contribution in [0.3, 0.4) is 0 Å². The minimum absolute atomic E-state index is 0.221. The quantitative estimate of drug-likeness (QED) is 0.339. The van der Waals surface area contributed by atoms with Gasteiger partial charge in [0.2, 0.25) is 10.0 Å². The van der Waals surface area contributed by atoms with Gasteiger partial charge in [0.15, 0.2) is 5.82 Å². The van der Waals surface area contributed by atoms with Crippen LogP contribution in [-0.4, -0.2) is 37.1 Å². The molecule has 0 saturated carbocycles. The summed E-state index contributed by atoms with van der Waals surface area (Å²) in [7, 11) is -3.40. The van der Waals surface area contributed by atoms with Gasteiger partial charge in [-0.3, -0.25) is 9.71 Å². The van der Waals surface area contributed by atoms with Crippen LogP contribution in [0.5, 0.6) is 0 Å². The Morgan fingerprint density at radius 1 is 1.08 bits per heavy atom. The molecule has 3 aromatic rings. The molecule has 36 heavy (non-hydrogen) atoms. The van der Waals surface area contributed by atoms with Crippen LogP contribution in [0.25, 0.3) is 0 Å². The lowest BCUT2D eigenvalue weighted by molar-refractivity contribution is 0.606. The van der Waals surface area contributed by atoms with Crippen LogP contribution in [0.4, 0.5) is 11.5 Å². The molecule has 0 amide bonds. The number of aromatic nitrogens is 2. The molecule has 0 aliphatic heterocycles. The number of alkyl halides is 1. The van der Waals surface area contributed by atoms with Gasteiger partial charge in [-0.15, -0.1) is 11.6 Å². The third-order valence-corrected chi connectivity index (χ3v) is 6.93. The Hall–Kier alpha value is -3.15. The van der Waals surface area contributed by atoms with Crippen LogP contribution >= 0.6 is 11.6 Å². The van der Waals surface area contributed by atoms with E-state index < -0.39 is 10.0 Å². The lowest BCUT2D eigenvalue weighted by atomic mass is 9.76. The molecule has 0 bridgehead atoms. The van der Waals surface area contributed by atoms with Crippen LogP contribution < -0.4 is 10.0 Å². The zero-order valence-electron chi connectivity index (χ0n) is 21.1. The fourth-order valence-corrected chi connectivity index (χ4v) is 4.68. The first kappa shape index (κ1) is 27.4. The Bertz CT molecular complexity index is 1350. The van der Waals surface area contributed by atoms with E-state index in [9.17, 15) is 13.7 Å². The van der Waals surface area contributed by atoms with Gasteiger partial charge in [0.25, 0.3) is 0 Å².